The van der Waals surface area contributed by atoms with Crippen LogP contribution in [0.3, 0.4) is 0 Å². The molecule has 1 aromatic carbocycles. The van der Waals surface area contributed by atoms with Crippen molar-refractivity contribution < 1.29 is 9.72 Å². The Labute approximate surface area is 132 Å². The summed E-state index contributed by atoms with van der Waals surface area (Å²) in [6, 6.07) is 5.12. The minimum atomic E-state index is -0.405. The Bertz CT molecular complexity index is 508. The maximum atomic E-state index is 11.6. The molecule has 1 rings (SSSR count). The van der Waals surface area contributed by atoms with Crippen molar-refractivity contribution in [2.75, 3.05) is 6.54 Å². The number of carbonyl (C=O) groups is 1. The Balaban J connectivity index is 2.43. The molecule has 0 aliphatic heterocycles. The van der Waals surface area contributed by atoms with Crippen LogP contribution < -0.4 is 10.6 Å². The van der Waals surface area contributed by atoms with Crippen LogP contribution in [0, 0.1) is 10.1 Å². The first-order valence-corrected chi connectivity index (χ1v) is 7.66. The van der Waals surface area contributed by atoms with E-state index in [4.69, 9.17) is 0 Å². The van der Waals surface area contributed by atoms with Gasteiger partial charge in [0.15, 0.2) is 0 Å². The van der Waals surface area contributed by atoms with E-state index in [1.54, 1.807) is 12.1 Å². The number of carbonyl (C=O) groups excluding carboxylic acids is 1. The SMILES string of the molecule is CCC(C)NC(=O)CCNCc1ccc(Br)cc1[N+](=O)[O-]. The van der Waals surface area contributed by atoms with Gasteiger partial charge in [0, 0.05) is 41.7 Å². The summed E-state index contributed by atoms with van der Waals surface area (Å²) in [5, 5.41) is 16.9. The lowest BCUT2D eigenvalue weighted by atomic mass is 10.2. The fourth-order valence-corrected chi connectivity index (χ4v) is 2.08. The Morgan fingerprint density at radius 1 is 1.48 bits per heavy atom. The zero-order chi connectivity index (χ0) is 15.8. The molecule has 1 unspecified atom stereocenters. The second-order valence-corrected chi connectivity index (χ2v) is 5.75. The zero-order valence-corrected chi connectivity index (χ0v) is 13.8. The predicted molar refractivity (Wildman–Crippen MR) is 85.0 cm³/mol. The highest BCUT2D eigenvalue weighted by Crippen LogP contribution is 2.23. The first-order chi connectivity index (χ1) is 9.93. The van der Waals surface area contributed by atoms with Crippen LogP contribution in [-0.2, 0) is 11.3 Å². The van der Waals surface area contributed by atoms with Gasteiger partial charge in [0.2, 0.25) is 5.91 Å². The lowest BCUT2D eigenvalue weighted by Gasteiger charge is -2.11. The van der Waals surface area contributed by atoms with Crippen molar-refractivity contribution >= 4 is 27.5 Å². The summed E-state index contributed by atoms with van der Waals surface area (Å²) in [6.07, 6.45) is 1.25. The molecule has 0 heterocycles. The molecule has 1 atom stereocenters. The van der Waals surface area contributed by atoms with E-state index in [0.717, 1.165) is 6.42 Å². The monoisotopic (exact) mass is 357 g/mol. The number of nitrogens with zero attached hydrogens (tertiary/aromatic N) is 1. The van der Waals surface area contributed by atoms with Gasteiger partial charge in [0.1, 0.15) is 0 Å². The third kappa shape index (κ3) is 6.22. The quantitative estimate of drug-likeness (QED) is 0.425. The molecule has 0 saturated heterocycles. The Morgan fingerprint density at radius 2 is 2.19 bits per heavy atom. The van der Waals surface area contributed by atoms with Gasteiger partial charge in [-0.2, -0.15) is 0 Å². The highest BCUT2D eigenvalue weighted by Gasteiger charge is 2.13. The number of nitro benzene ring substituents is 1. The van der Waals surface area contributed by atoms with Crippen LogP contribution >= 0.6 is 15.9 Å². The predicted octanol–water partition coefficient (Wildman–Crippen LogP) is 2.75. The minimum Gasteiger partial charge on any atom is -0.354 e. The van der Waals surface area contributed by atoms with Gasteiger partial charge in [-0.15, -0.1) is 0 Å². The second-order valence-electron chi connectivity index (χ2n) is 4.83. The first-order valence-electron chi connectivity index (χ1n) is 6.87. The van der Waals surface area contributed by atoms with Gasteiger partial charge in [-0.3, -0.25) is 14.9 Å². The van der Waals surface area contributed by atoms with E-state index in [1.807, 2.05) is 13.8 Å². The van der Waals surface area contributed by atoms with Crippen molar-refractivity contribution in [2.45, 2.75) is 39.3 Å². The third-order valence-electron chi connectivity index (χ3n) is 3.11. The van der Waals surface area contributed by atoms with Crippen LogP contribution in [-0.4, -0.2) is 23.4 Å². The fourth-order valence-electron chi connectivity index (χ4n) is 1.73. The largest absolute Gasteiger partial charge is 0.354 e. The van der Waals surface area contributed by atoms with Gasteiger partial charge in [0.05, 0.1) is 4.92 Å². The van der Waals surface area contributed by atoms with Crippen molar-refractivity contribution in [1.29, 1.82) is 0 Å². The van der Waals surface area contributed by atoms with Gasteiger partial charge < -0.3 is 10.6 Å². The molecule has 21 heavy (non-hydrogen) atoms. The molecule has 1 aromatic rings. The molecular weight excluding hydrogens is 338 g/mol. The van der Waals surface area contributed by atoms with Gasteiger partial charge in [-0.1, -0.05) is 22.9 Å². The van der Waals surface area contributed by atoms with Crippen LogP contribution in [0.25, 0.3) is 0 Å². The smallest absolute Gasteiger partial charge is 0.275 e. The number of nitro groups is 1. The second kappa shape index (κ2) is 8.74. The molecule has 116 valence electrons. The molecule has 0 bridgehead atoms. The average molecular weight is 358 g/mol. The van der Waals surface area contributed by atoms with Gasteiger partial charge in [0.25, 0.3) is 5.69 Å². The highest BCUT2D eigenvalue weighted by atomic mass is 79.9. The van der Waals surface area contributed by atoms with E-state index in [2.05, 4.69) is 26.6 Å². The van der Waals surface area contributed by atoms with Gasteiger partial charge in [-0.25, -0.2) is 0 Å². The van der Waals surface area contributed by atoms with Crippen LogP contribution in [0.5, 0.6) is 0 Å². The zero-order valence-electron chi connectivity index (χ0n) is 12.2. The number of amides is 1. The molecule has 0 saturated carbocycles. The Hall–Kier alpha value is -1.47. The van der Waals surface area contributed by atoms with Crippen molar-refractivity contribution in [3.8, 4) is 0 Å². The van der Waals surface area contributed by atoms with E-state index in [9.17, 15) is 14.9 Å². The molecule has 0 aromatic heterocycles. The van der Waals surface area contributed by atoms with Crippen LogP contribution in [0.4, 0.5) is 5.69 Å². The van der Waals surface area contributed by atoms with Crippen LogP contribution in [0.1, 0.15) is 32.3 Å². The normalized spacial score (nSPS) is 12.0. The van der Waals surface area contributed by atoms with Crippen molar-refractivity contribution in [1.82, 2.24) is 10.6 Å². The minimum absolute atomic E-state index is 0.0119. The Morgan fingerprint density at radius 3 is 2.81 bits per heavy atom. The molecule has 1 amide bonds. The fraction of sp³-hybridized carbons (Fsp3) is 0.500. The molecule has 0 aliphatic carbocycles. The molecule has 0 fully saturated rings. The summed E-state index contributed by atoms with van der Waals surface area (Å²) in [6.45, 7) is 4.81. The number of hydrogen-bond acceptors (Lipinski definition) is 4. The van der Waals surface area contributed by atoms with Crippen LogP contribution in [0.2, 0.25) is 0 Å². The molecule has 6 nitrogen and oxygen atoms in total. The van der Waals surface area contributed by atoms with Crippen molar-refractivity contribution in [2.24, 2.45) is 0 Å². The summed E-state index contributed by atoms with van der Waals surface area (Å²) < 4.78 is 0.672. The molecule has 0 aliphatic rings. The Kier molecular flexibility index (Phi) is 7.31. The van der Waals surface area contributed by atoms with E-state index in [-0.39, 0.29) is 17.6 Å². The average Bonchev–Trinajstić information content (AvgIpc) is 2.44. The maximum absolute atomic E-state index is 11.6. The summed E-state index contributed by atoms with van der Waals surface area (Å²) in [5.74, 6) is -0.0119. The van der Waals surface area contributed by atoms with Crippen molar-refractivity contribution in [3.63, 3.8) is 0 Å². The highest BCUT2D eigenvalue weighted by molar-refractivity contribution is 9.10. The number of halogens is 1. The lowest BCUT2D eigenvalue weighted by molar-refractivity contribution is -0.385. The molecule has 7 heteroatoms. The number of hydrogen-bond donors (Lipinski definition) is 2. The maximum Gasteiger partial charge on any atom is 0.275 e. The summed E-state index contributed by atoms with van der Waals surface area (Å²) >= 11 is 3.22. The van der Waals surface area contributed by atoms with E-state index >= 15 is 0 Å². The standard InChI is InChI=1S/C14H20BrN3O3/c1-3-10(2)17-14(19)6-7-16-9-11-4-5-12(15)8-13(11)18(20)21/h4-5,8,10,16H,3,6-7,9H2,1-2H3,(H,17,19). The van der Waals surface area contributed by atoms with Gasteiger partial charge in [-0.05, 0) is 25.5 Å². The molecule has 2 N–H and O–H groups in total. The third-order valence-corrected chi connectivity index (χ3v) is 3.60. The lowest BCUT2D eigenvalue weighted by Crippen LogP contribution is -2.33. The first kappa shape index (κ1) is 17.6. The summed E-state index contributed by atoms with van der Waals surface area (Å²) in [4.78, 5) is 22.1. The van der Waals surface area contributed by atoms with E-state index in [1.165, 1.54) is 6.07 Å². The topological polar surface area (TPSA) is 84.3 Å². The van der Waals surface area contributed by atoms with Crippen LogP contribution in [0.15, 0.2) is 22.7 Å². The van der Waals surface area contributed by atoms with E-state index < -0.39 is 4.92 Å². The number of nitrogens with one attached hydrogen (secondary N) is 2. The molecular formula is C14H20BrN3O3. The number of benzene rings is 1. The van der Waals surface area contributed by atoms with Gasteiger partial charge >= 0.3 is 0 Å². The molecule has 0 spiro atoms. The summed E-state index contributed by atoms with van der Waals surface area (Å²) in [5.41, 5.74) is 0.673. The molecule has 0 radical (unpaired) electrons. The summed E-state index contributed by atoms with van der Waals surface area (Å²) in [7, 11) is 0. The van der Waals surface area contributed by atoms with Crippen molar-refractivity contribution in [3.05, 3.63) is 38.3 Å². The number of rotatable bonds is 8. The van der Waals surface area contributed by atoms with E-state index in [0.29, 0.717) is 29.5 Å².